The van der Waals surface area contributed by atoms with Crippen LogP contribution in [0, 0.1) is 13.8 Å². The first-order valence-electron chi connectivity index (χ1n) is 10.9. The quantitative estimate of drug-likeness (QED) is 0.326. The molecule has 2 aromatic carbocycles. The first kappa shape index (κ1) is 25.8. The van der Waals surface area contributed by atoms with E-state index in [0.29, 0.717) is 11.3 Å². The molecule has 0 unspecified atom stereocenters. The van der Waals surface area contributed by atoms with E-state index in [9.17, 15) is 14.4 Å². The Hall–Kier alpha value is -3.78. The van der Waals surface area contributed by atoms with Gasteiger partial charge < -0.3 is 24.1 Å². The lowest BCUT2D eigenvalue weighted by Gasteiger charge is -2.15. The lowest BCUT2D eigenvalue weighted by molar-refractivity contribution is 0.0475. The molecule has 1 heterocycles. The third kappa shape index (κ3) is 5.49. The third-order valence-corrected chi connectivity index (χ3v) is 5.96. The van der Waals surface area contributed by atoms with Gasteiger partial charge in [-0.2, -0.15) is 0 Å². The number of aryl methyl sites for hydroxylation is 1. The van der Waals surface area contributed by atoms with Crippen LogP contribution in [0.25, 0.3) is 0 Å². The minimum Gasteiger partial charge on any atom is -0.493 e. The number of nitrogens with zero attached hydrogens (tertiary/aromatic N) is 1. The van der Waals surface area contributed by atoms with Crippen LogP contribution in [0.1, 0.15) is 49.4 Å². The van der Waals surface area contributed by atoms with E-state index in [1.54, 1.807) is 30.3 Å². The molecule has 0 atom stereocenters. The fourth-order valence-corrected chi connectivity index (χ4v) is 4.06. The predicted octanol–water partition coefficient (Wildman–Crippen LogP) is 5.09. The van der Waals surface area contributed by atoms with Gasteiger partial charge in [-0.3, -0.25) is 9.59 Å². The van der Waals surface area contributed by atoms with E-state index in [0.717, 1.165) is 17.9 Å². The number of ketones is 1. The average Bonchev–Trinajstić information content (AvgIpc) is 3.14. The van der Waals surface area contributed by atoms with Gasteiger partial charge in [0, 0.05) is 35.6 Å². The Labute approximate surface area is 208 Å². The smallest absolute Gasteiger partial charge is 0.340 e. The number of anilines is 1. The number of benzene rings is 2. The fourth-order valence-electron chi connectivity index (χ4n) is 3.84. The molecule has 35 heavy (non-hydrogen) atoms. The molecule has 0 saturated heterocycles. The number of carbonyl (C=O) groups excluding carboxylic acids is 3. The van der Waals surface area contributed by atoms with Crippen molar-refractivity contribution in [2.45, 2.75) is 27.3 Å². The molecule has 0 aliphatic carbocycles. The number of nitrogens with one attached hydrogen (secondary N) is 1. The second kappa shape index (κ2) is 11.1. The largest absolute Gasteiger partial charge is 0.493 e. The van der Waals surface area contributed by atoms with Gasteiger partial charge in [0.2, 0.25) is 5.78 Å². The standard InChI is InChI=1S/C26H27ClN2O6/c1-6-29-15(2)11-18(16(29)3)22(30)14-35-26(32)19-12-23(33-4)24(34-5)13-21(19)28-25(31)17-9-7-8-10-20(17)27/h7-13H,6,14H2,1-5H3,(H,28,31). The summed E-state index contributed by atoms with van der Waals surface area (Å²) in [5, 5.41) is 2.93. The number of hydrogen-bond donors (Lipinski definition) is 1. The molecule has 184 valence electrons. The highest BCUT2D eigenvalue weighted by molar-refractivity contribution is 6.34. The van der Waals surface area contributed by atoms with Crippen LogP contribution in [-0.4, -0.2) is 43.1 Å². The number of aromatic nitrogens is 1. The predicted molar refractivity (Wildman–Crippen MR) is 133 cm³/mol. The Kier molecular flexibility index (Phi) is 8.19. The number of esters is 1. The molecule has 0 saturated carbocycles. The van der Waals surface area contributed by atoms with Gasteiger partial charge in [-0.25, -0.2) is 4.79 Å². The van der Waals surface area contributed by atoms with Crippen LogP contribution in [0.2, 0.25) is 5.02 Å². The fraction of sp³-hybridized carbons (Fsp3) is 0.269. The second-order valence-electron chi connectivity index (χ2n) is 7.72. The minimum absolute atomic E-state index is 0.00474. The SMILES string of the molecule is CCn1c(C)cc(C(=O)COC(=O)c2cc(OC)c(OC)cc2NC(=O)c2ccccc2Cl)c1C. The second-order valence-corrected chi connectivity index (χ2v) is 8.12. The first-order valence-corrected chi connectivity index (χ1v) is 11.3. The lowest BCUT2D eigenvalue weighted by Crippen LogP contribution is -2.19. The van der Waals surface area contributed by atoms with Crippen LogP contribution < -0.4 is 14.8 Å². The Balaban J connectivity index is 1.88. The van der Waals surface area contributed by atoms with Gasteiger partial charge in [0.25, 0.3) is 5.91 Å². The zero-order valence-corrected chi connectivity index (χ0v) is 21.0. The summed E-state index contributed by atoms with van der Waals surface area (Å²) < 4.78 is 17.9. The van der Waals surface area contributed by atoms with Crippen LogP contribution in [0.4, 0.5) is 5.69 Å². The molecule has 0 radical (unpaired) electrons. The lowest BCUT2D eigenvalue weighted by atomic mass is 10.1. The van der Waals surface area contributed by atoms with Crippen molar-refractivity contribution in [1.82, 2.24) is 4.57 Å². The van der Waals surface area contributed by atoms with E-state index in [2.05, 4.69) is 5.32 Å². The van der Waals surface area contributed by atoms with Gasteiger partial charge in [0.1, 0.15) is 0 Å². The first-order chi connectivity index (χ1) is 16.7. The molecule has 1 N–H and O–H groups in total. The monoisotopic (exact) mass is 498 g/mol. The minimum atomic E-state index is -0.807. The summed E-state index contributed by atoms with van der Waals surface area (Å²) in [6.07, 6.45) is 0. The van der Waals surface area contributed by atoms with Crippen LogP contribution in [0.3, 0.4) is 0 Å². The summed E-state index contributed by atoms with van der Waals surface area (Å²) in [5.74, 6) is -1.11. The average molecular weight is 499 g/mol. The van der Waals surface area contributed by atoms with E-state index < -0.39 is 18.5 Å². The Morgan fingerprint density at radius 2 is 1.60 bits per heavy atom. The normalized spacial score (nSPS) is 10.6. The summed E-state index contributed by atoms with van der Waals surface area (Å²) in [6.45, 7) is 6.02. The number of Topliss-reactive ketones (excluding diaryl/α,β-unsaturated/α-hetero) is 1. The Morgan fingerprint density at radius 1 is 0.943 bits per heavy atom. The number of halogens is 1. The van der Waals surface area contributed by atoms with Gasteiger partial charge in [0.15, 0.2) is 18.1 Å². The van der Waals surface area contributed by atoms with Crippen molar-refractivity contribution in [3.05, 3.63) is 75.6 Å². The summed E-state index contributed by atoms with van der Waals surface area (Å²) in [6, 6.07) is 11.1. The van der Waals surface area contributed by atoms with Crippen molar-refractivity contribution in [1.29, 1.82) is 0 Å². The Morgan fingerprint density at radius 3 is 2.20 bits per heavy atom. The maximum Gasteiger partial charge on any atom is 0.340 e. The van der Waals surface area contributed by atoms with Crippen LogP contribution >= 0.6 is 11.6 Å². The molecule has 1 amide bonds. The molecule has 0 aliphatic rings. The molecule has 8 nitrogen and oxygen atoms in total. The number of carbonyl (C=O) groups is 3. The van der Waals surface area contributed by atoms with Crippen molar-refractivity contribution in [3.63, 3.8) is 0 Å². The van der Waals surface area contributed by atoms with Crippen molar-refractivity contribution in [3.8, 4) is 11.5 Å². The van der Waals surface area contributed by atoms with E-state index in [1.165, 1.54) is 26.4 Å². The molecule has 0 fully saturated rings. The Bertz CT molecular complexity index is 1280. The number of ether oxygens (including phenoxy) is 3. The molecule has 0 bridgehead atoms. The van der Waals surface area contributed by atoms with E-state index >= 15 is 0 Å². The zero-order valence-electron chi connectivity index (χ0n) is 20.2. The zero-order chi connectivity index (χ0) is 25.7. The van der Waals surface area contributed by atoms with Gasteiger partial charge in [0.05, 0.1) is 36.1 Å². The molecule has 1 aromatic heterocycles. The van der Waals surface area contributed by atoms with Crippen molar-refractivity contribution < 1.29 is 28.6 Å². The summed E-state index contributed by atoms with van der Waals surface area (Å²) in [5.41, 5.74) is 2.60. The molecule has 0 aliphatic heterocycles. The van der Waals surface area contributed by atoms with Crippen LogP contribution in [0.15, 0.2) is 42.5 Å². The summed E-state index contributed by atoms with van der Waals surface area (Å²) >= 11 is 6.14. The van der Waals surface area contributed by atoms with Crippen molar-refractivity contribution in [2.24, 2.45) is 0 Å². The molecular formula is C26H27ClN2O6. The van der Waals surface area contributed by atoms with Crippen molar-refractivity contribution in [2.75, 3.05) is 26.1 Å². The third-order valence-electron chi connectivity index (χ3n) is 5.63. The molecular weight excluding hydrogens is 472 g/mol. The summed E-state index contributed by atoms with van der Waals surface area (Å²) in [4.78, 5) is 38.6. The molecule has 0 spiro atoms. The van der Waals surface area contributed by atoms with Crippen molar-refractivity contribution >= 4 is 34.9 Å². The van der Waals surface area contributed by atoms with E-state index in [-0.39, 0.29) is 33.4 Å². The van der Waals surface area contributed by atoms with E-state index in [1.807, 2.05) is 25.3 Å². The van der Waals surface area contributed by atoms with Crippen LogP contribution in [-0.2, 0) is 11.3 Å². The number of rotatable bonds is 9. The number of methoxy groups -OCH3 is 2. The highest BCUT2D eigenvalue weighted by atomic mass is 35.5. The van der Waals surface area contributed by atoms with Gasteiger partial charge in [-0.15, -0.1) is 0 Å². The highest BCUT2D eigenvalue weighted by Crippen LogP contribution is 2.34. The molecule has 9 heteroatoms. The van der Waals surface area contributed by atoms with Gasteiger partial charge >= 0.3 is 5.97 Å². The number of amides is 1. The van der Waals surface area contributed by atoms with Gasteiger partial charge in [-0.1, -0.05) is 23.7 Å². The molecule has 3 aromatic rings. The maximum absolute atomic E-state index is 13.0. The summed E-state index contributed by atoms with van der Waals surface area (Å²) in [7, 11) is 2.85. The van der Waals surface area contributed by atoms with E-state index in [4.69, 9.17) is 25.8 Å². The van der Waals surface area contributed by atoms with Gasteiger partial charge in [-0.05, 0) is 39.0 Å². The topological polar surface area (TPSA) is 95.9 Å². The number of hydrogen-bond acceptors (Lipinski definition) is 6. The maximum atomic E-state index is 13.0. The van der Waals surface area contributed by atoms with Crippen LogP contribution in [0.5, 0.6) is 11.5 Å². The molecule has 3 rings (SSSR count). The highest BCUT2D eigenvalue weighted by Gasteiger charge is 2.23.